The van der Waals surface area contributed by atoms with Gasteiger partial charge in [0, 0.05) is 14.0 Å². The van der Waals surface area contributed by atoms with Crippen LogP contribution in [0.2, 0.25) is 0 Å². The van der Waals surface area contributed by atoms with Crippen LogP contribution in [0.25, 0.3) is 0 Å². The largest absolute Gasteiger partial charge is 0.353 e. The maximum Gasteiger partial charge on any atom is 0.267 e. The van der Waals surface area contributed by atoms with Crippen LogP contribution in [-0.4, -0.2) is 35.1 Å². The van der Waals surface area contributed by atoms with Gasteiger partial charge in [0.05, 0.1) is 0 Å². The van der Waals surface area contributed by atoms with Crippen molar-refractivity contribution in [1.29, 1.82) is 0 Å². The Balaban J connectivity index is 2.82. The third-order valence-electron chi connectivity index (χ3n) is 1.34. The Morgan fingerprint density at radius 1 is 1.90 bits per heavy atom. The van der Waals surface area contributed by atoms with Gasteiger partial charge in [-0.1, -0.05) is 0 Å². The van der Waals surface area contributed by atoms with Crippen LogP contribution < -0.4 is 5.32 Å². The number of aliphatic hydroxyl groups is 1. The van der Waals surface area contributed by atoms with Crippen LogP contribution in [0.5, 0.6) is 0 Å². The summed E-state index contributed by atoms with van der Waals surface area (Å²) < 4.78 is 0. The van der Waals surface area contributed by atoms with Crippen molar-refractivity contribution in [2.45, 2.75) is 12.8 Å². The van der Waals surface area contributed by atoms with Crippen molar-refractivity contribution in [3.05, 3.63) is 0 Å². The van der Waals surface area contributed by atoms with E-state index in [1.807, 2.05) is 0 Å². The van der Waals surface area contributed by atoms with Crippen molar-refractivity contribution in [1.82, 2.24) is 10.3 Å². The molecular formula is C5H9N3O2. The van der Waals surface area contributed by atoms with E-state index < -0.39 is 5.85 Å². The van der Waals surface area contributed by atoms with Gasteiger partial charge in [-0.05, 0) is 0 Å². The number of carbonyl (C=O) groups is 1. The first-order valence-electron chi connectivity index (χ1n) is 2.85. The summed E-state index contributed by atoms with van der Waals surface area (Å²) in [6.45, 7) is 1.45. The molecule has 2 N–H and O–H groups in total. The lowest BCUT2D eigenvalue weighted by Crippen LogP contribution is -2.58. The second kappa shape index (κ2) is 1.95. The Hall–Kier alpha value is -1.10. The summed E-state index contributed by atoms with van der Waals surface area (Å²) in [4.78, 5) is 10.6. The second-order valence-corrected chi connectivity index (χ2v) is 2.28. The molecule has 1 aliphatic heterocycles. The molecular weight excluding hydrogens is 134 g/mol. The summed E-state index contributed by atoms with van der Waals surface area (Å²) in [7, 11) is 1.57. The minimum atomic E-state index is -1.36. The standard InChI is InChI=1S/C5H9N3O2/c1-5(10)7-4(9)3-6-8(5)2/h3,10H,1-2H3,(H,7,9). The van der Waals surface area contributed by atoms with E-state index in [0.29, 0.717) is 0 Å². The molecule has 1 heterocycles. The van der Waals surface area contributed by atoms with Gasteiger partial charge in [-0.3, -0.25) is 9.80 Å². The summed E-state index contributed by atoms with van der Waals surface area (Å²) >= 11 is 0. The van der Waals surface area contributed by atoms with Crippen LogP contribution >= 0.6 is 0 Å². The van der Waals surface area contributed by atoms with Crippen LogP contribution in [0.3, 0.4) is 0 Å². The van der Waals surface area contributed by atoms with Crippen molar-refractivity contribution in [3.63, 3.8) is 0 Å². The van der Waals surface area contributed by atoms with E-state index in [9.17, 15) is 9.90 Å². The Labute approximate surface area is 58.3 Å². The molecule has 5 nitrogen and oxygen atoms in total. The first kappa shape index (κ1) is 7.01. The van der Waals surface area contributed by atoms with Gasteiger partial charge in [-0.2, -0.15) is 5.10 Å². The van der Waals surface area contributed by atoms with Crippen molar-refractivity contribution in [2.75, 3.05) is 7.05 Å². The molecule has 1 rings (SSSR count). The quantitative estimate of drug-likeness (QED) is 0.443. The van der Waals surface area contributed by atoms with E-state index in [1.165, 1.54) is 11.9 Å². The topological polar surface area (TPSA) is 64.9 Å². The first-order chi connectivity index (χ1) is 4.52. The zero-order valence-corrected chi connectivity index (χ0v) is 5.83. The van der Waals surface area contributed by atoms with Crippen LogP contribution in [0.1, 0.15) is 6.92 Å². The van der Waals surface area contributed by atoms with Gasteiger partial charge in [-0.25, -0.2) is 0 Å². The predicted molar refractivity (Wildman–Crippen MR) is 35.0 cm³/mol. The van der Waals surface area contributed by atoms with E-state index in [2.05, 4.69) is 10.4 Å². The van der Waals surface area contributed by atoms with Crippen LogP contribution in [0.15, 0.2) is 5.10 Å². The molecule has 0 saturated heterocycles. The normalized spacial score (nSPS) is 32.3. The average Bonchev–Trinajstić information content (AvgIpc) is 1.78. The number of nitrogens with zero attached hydrogens (tertiary/aromatic N) is 2. The van der Waals surface area contributed by atoms with E-state index in [4.69, 9.17) is 0 Å². The van der Waals surface area contributed by atoms with Gasteiger partial charge < -0.3 is 10.4 Å². The lowest BCUT2D eigenvalue weighted by molar-refractivity contribution is -0.142. The maximum atomic E-state index is 10.6. The smallest absolute Gasteiger partial charge is 0.267 e. The van der Waals surface area contributed by atoms with Gasteiger partial charge in [0.15, 0.2) is 0 Å². The van der Waals surface area contributed by atoms with Crippen LogP contribution in [0.4, 0.5) is 0 Å². The number of hydrogen-bond donors (Lipinski definition) is 2. The number of amides is 1. The minimum Gasteiger partial charge on any atom is -0.353 e. The van der Waals surface area contributed by atoms with Gasteiger partial charge in [-0.15, -0.1) is 0 Å². The van der Waals surface area contributed by atoms with Crippen molar-refractivity contribution < 1.29 is 9.90 Å². The first-order valence-corrected chi connectivity index (χ1v) is 2.85. The molecule has 1 unspecified atom stereocenters. The zero-order valence-electron chi connectivity index (χ0n) is 5.83. The summed E-state index contributed by atoms with van der Waals surface area (Å²) in [6, 6.07) is 0. The summed E-state index contributed by atoms with van der Waals surface area (Å²) in [6.07, 6.45) is 1.11. The molecule has 5 heteroatoms. The molecule has 0 spiro atoms. The van der Waals surface area contributed by atoms with Crippen molar-refractivity contribution >= 4 is 12.1 Å². The highest BCUT2D eigenvalue weighted by atomic mass is 16.3. The Morgan fingerprint density at radius 3 is 2.90 bits per heavy atom. The maximum absolute atomic E-state index is 10.6. The van der Waals surface area contributed by atoms with Gasteiger partial charge in [0.2, 0.25) is 5.85 Å². The minimum absolute atomic E-state index is 0.386. The molecule has 0 radical (unpaired) electrons. The Bertz CT molecular complexity index is 187. The number of carbonyl (C=O) groups excluding carboxylic acids is 1. The molecule has 0 fully saturated rings. The third-order valence-corrected chi connectivity index (χ3v) is 1.34. The van der Waals surface area contributed by atoms with Crippen molar-refractivity contribution in [2.24, 2.45) is 5.10 Å². The molecule has 56 valence electrons. The number of hydrogen-bond acceptors (Lipinski definition) is 4. The van der Waals surface area contributed by atoms with Gasteiger partial charge >= 0.3 is 0 Å². The molecule has 1 amide bonds. The van der Waals surface area contributed by atoms with Gasteiger partial charge in [0.1, 0.15) is 6.21 Å². The molecule has 0 aliphatic carbocycles. The molecule has 0 aromatic rings. The Kier molecular flexibility index (Phi) is 1.37. The summed E-state index contributed by atoms with van der Waals surface area (Å²) in [5.41, 5.74) is 0. The Morgan fingerprint density at radius 2 is 2.50 bits per heavy atom. The van der Waals surface area contributed by atoms with Gasteiger partial charge in [0.25, 0.3) is 5.91 Å². The molecule has 1 atom stereocenters. The fraction of sp³-hybridized carbons (Fsp3) is 0.600. The molecule has 10 heavy (non-hydrogen) atoms. The average molecular weight is 143 g/mol. The lowest BCUT2D eigenvalue weighted by atomic mass is 10.4. The second-order valence-electron chi connectivity index (χ2n) is 2.28. The molecule has 1 aliphatic rings. The summed E-state index contributed by atoms with van der Waals surface area (Å²) in [5, 5.41) is 16.5. The van der Waals surface area contributed by atoms with Crippen LogP contribution in [0, 0.1) is 0 Å². The predicted octanol–water partition coefficient (Wildman–Crippen LogP) is -1.30. The van der Waals surface area contributed by atoms with E-state index >= 15 is 0 Å². The van der Waals surface area contributed by atoms with E-state index in [-0.39, 0.29) is 5.91 Å². The highest BCUT2D eigenvalue weighted by Gasteiger charge is 2.29. The number of hydrazone groups is 1. The molecule has 0 aromatic carbocycles. The van der Waals surface area contributed by atoms with Crippen molar-refractivity contribution in [3.8, 4) is 0 Å². The van der Waals surface area contributed by atoms with Crippen LogP contribution in [-0.2, 0) is 4.79 Å². The van der Waals surface area contributed by atoms with E-state index in [0.717, 1.165) is 6.21 Å². The summed E-state index contributed by atoms with van der Waals surface area (Å²) in [5.74, 6) is -1.74. The monoisotopic (exact) mass is 143 g/mol. The molecule has 0 bridgehead atoms. The highest BCUT2D eigenvalue weighted by molar-refractivity contribution is 6.26. The number of rotatable bonds is 0. The highest BCUT2D eigenvalue weighted by Crippen LogP contribution is 2.06. The number of nitrogens with one attached hydrogen (secondary N) is 1. The lowest BCUT2D eigenvalue weighted by Gasteiger charge is -2.34. The molecule has 0 saturated carbocycles. The zero-order chi connectivity index (χ0) is 7.78. The fourth-order valence-electron chi connectivity index (χ4n) is 0.598. The fourth-order valence-corrected chi connectivity index (χ4v) is 0.598. The SMILES string of the molecule is CN1N=CC(=O)NC1(C)O. The third kappa shape index (κ3) is 1.08. The van der Waals surface area contributed by atoms with E-state index in [1.54, 1.807) is 7.05 Å². The molecule has 0 aromatic heterocycles.